The molecule has 1 aromatic heterocycles. The number of hydrogen-bond acceptors (Lipinski definition) is 6. The van der Waals surface area contributed by atoms with Crippen molar-refractivity contribution >= 4 is 29.3 Å². The highest BCUT2D eigenvalue weighted by molar-refractivity contribution is 7.99. The molecule has 0 radical (unpaired) electrons. The molecule has 0 saturated carbocycles. The van der Waals surface area contributed by atoms with Crippen molar-refractivity contribution < 1.29 is 9.59 Å². The Hall–Kier alpha value is -2.35. The summed E-state index contributed by atoms with van der Waals surface area (Å²) in [5.41, 5.74) is 2.21. The summed E-state index contributed by atoms with van der Waals surface area (Å²) in [6.45, 7) is 6.66. The van der Waals surface area contributed by atoms with Crippen molar-refractivity contribution in [2.45, 2.75) is 31.8 Å². The molecule has 1 aliphatic heterocycles. The predicted octanol–water partition coefficient (Wildman–Crippen LogP) is 2.57. The van der Waals surface area contributed by atoms with Gasteiger partial charge >= 0.3 is 0 Å². The van der Waals surface area contributed by atoms with Gasteiger partial charge in [-0.25, -0.2) is 0 Å². The van der Waals surface area contributed by atoms with Crippen LogP contribution < -0.4 is 4.90 Å². The molecule has 0 spiro atoms. The van der Waals surface area contributed by atoms with Crippen molar-refractivity contribution in [3.63, 3.8) is 0 Å². The van der Waals surface area contributed by atoms with Crippen molar-refractivity contribution in [2.24, 2.45) is 7.05 Å². The number of rotatable bonds is 8. The molecule has 1 aromatic carbocycles. The van der Waals surface area contributed by atoms with Crippen molar-refractivity contribution in [3.8, 4) is 11.4 Å². The number of benzene rings is 1. The second-order valence-corrected chi connectivity index (χ2v) is 7.43. The van der Waals surface area contributed by atoms with Gasteiger partial charge in [0.1, 0.15) is 0 Å². The Morgan fingerprint density at radius 3 is 2.26 bits per heavy atom. The van der Waals surface area contributed by atoms with Crippen LogP contribution in [-0.2, 0) is 16.6 Å². The van der Waals surface area contributed by atoms with Crippen LogP contribution >= 0.6 is 11.8 Å². The van der Waals surface area contributed by atoms with Crippen molar-refractivity contribution in [3.05, 3.63) is 24.3 Å². The van der Waals surface area contributed by atoms with Crippen LogP contribution in [0.5, 0.6) is 0 Å². The van der Waals surface area contributed by atoms with Gasteiger partial charge in [0.2, 0.25) is 11.8 Å². The fourth-order valence-corrected chi connectivity index (χ4v) is 4.04. The van der Waals surface area contributed by atoms with E-state index < -0.39 is 0 Å². The van der Waals surface area contributed by atoms with Gasteiger partial charge in [0, 0.05) is 56.5 Å². The highest BCUT2D eigenvalue weighted by Gasteiger charge is 2.28. The molecule has 27 heavy (non-hydrogen) atoms. The molecular weight excluding hydrogens is 362 g/mol. The lowest BCUT2D eigenvalue weighted by Crippen LogP contribution is -2.31. The van der Waals surface area contributed by atoms with Crippen molar-refractivity contribution in [1.29, 1.82) is 0 Å². The van der Waals surface area contributed by atoms with E-state index in [0.717, 1.165) is 29.6 Å². The summed E-state index contributed by atoms with van der Waals surface area (Å²) in [6, 6.07) is 8.34. The Morgan fingerprint density at radius 1 is 1.04 bits per heavy atom. The first-order chi connectivity index (χ1) is 13.0. The van der Waals surface area contributed by atoms with E-state index in [-0.39, 0.29) is 11.8 Å². The Balaban J connectivity index is 1.64. The molecule has 1 aliphatic rings. The second kappa shape index (κ2) is 8.56. The summed E-state index contributed by atoms with van der Waals surface area (Å²) in [7, 11) is 1.93. The van der Waals surface area contributed by atoms with Gasteiger partial charge in [0.25, 0.3) is 0 Å². The number of likely N-dealkylation sites (tertiary alicyclic amines) is 1. The van der Waals surface area contributed by atoms with E-state index in [1.807, 2.05) is 11.6 Å². The SMILES string of the molecule is CCN(CC)c1ccc(-c2nnc(SCCN3C(=O)CCC3=O)n2C)cc1. The second-order valence-electron chi connectivity index (χ2n) is 6.37. The van der Waals surface area contributed by atoms with Crippen LogP contribution in [0.3, 0.4) is 0 Å². The van der Waals surface area contributed by atoms with E-state index in [2.05, 4.69) is 53.2 Å². The Bertz CT molecular complexity index is 798. The molecule has 8 heteroatoms. The van der Waals surface area contributed by atoms with E-state index in [1.54, 1.807) is 0 Å². The summed E-state index contributed by atoms with van der Waals surface area (Å²) in [5.74, 6) is 1.27. The number of hydrogen-bond donors (Lipinski definition) is 0. The Labute approximate surface area is 163 Å². The van der Waals surface area contributed by atoms with Gasteiger partial charge in [-0.05, 0) is 38.1 Å². The molecule has 2 aromatic rings. The maximum absolute atomic E-state index is 11.7. The van der Waals surface area contributed by atoms with E-state index in [0.29, 0.717) is 25.1 Å². The third-order valence-electron chi connectivity index (χ3n) is 4.79. The normalized spacial score (nSPS) is 14.3. The van der Waals surface area contributed by atoms with Gasteiger partial charge in [-0.2, -0.15) is 0 Å². The molecule has 2 heterocycles. The van der Waals surface area contributed by atoms with Crippen molar-refractivity contribution in [1.82, 2.24) is 19.7 Å². The summed E-state index contributed by atoms with van der Waals surface area (Å²) in [6.07, 6.45) is 0.669. The minimum Gasteiger partial charge on any atom is -0.372 e. The molecule has 0 bridgehead atoms. The zero-order valence-electron chi connectivity index (χ0n) is 16.0. The van der Waals surface area contributed by atoms with Gasteiger partial charge in [-0.15, -0.1) is 10.2 Å². The lowest BCUT2D eigenvalue weighted by atomic mass is 10.2. The van der Waals surface area contributed by atoms with Crippen LogP contribution in [-0.4, -0.2) is 56.9 Å². The van der Waals surface area contributed by atoms with Gasteiger partial charge in [-0.1, -0.05) is 11.8 Å². The fraction of sp³-hybridized carbons (Fsp3) is 0.474. The molecule has 0 N–H and O–H groups in total. The fourth-order valence-electron chi connectivity index (χ4n) is 3.20. The molecule has 1 saturated heterocycles. The van der Waals surface area contributed by atoms with Crippen LogP contribution in [0.25, 0.3) is 11.4 Å². The number of thioether (sulfide) groups is 1. The van der Waals surface area contributed by atoms with Gasteiger partial charge in [0.15, 0.2) is 11.0 Å². The van der Waals surface area contributed by atoms with Crippen LogP contribution in [0.1, 0.15) is 26.7 Å². The average Bonchev–Trinajstić information content (AvgIpc) is 3.20. The molecule has 7 nitrogen and oxygen atoms in total. The third kappa shape index (κ3) is 4.16. The molecule has 3 rings (SSSR count). The van der Waals surface area contributed by atoms with E-state index in [1.165, 1.54) is 22.3 Å². The van der Waals surface area contributed by atoms with Crippen molar-refractivity contribution in [2.75, 3.05) is 30.3 Å². The third-order valence-corrected chi connectivity index (χ3v) is 5.79. The monoisotopic (exact) mass is 387 g/mol. The minimum absolute atomic E-state index is 0.0763. The molecule has 1 fully saturated rings. The van der Waals surface area contributed by atoms with E-state index >= 15 is 0 Å². The summed E-state index contributed by atoms with van der Waals surface area (Å²) < 4.78 is 1.95. The number of carbonyl (C=O) groups excluding carboxylic acids is 2. The number of amides is 2. The molecule has 0 atom stereocenters. The Kier molecular flexibility index (Phi) is 6.15. The highest BCUT2D eigenvalue weighted by atomic mass is 32.2. The smallest absolute Gasteiger partial charge is 0.229 e. The zero-order chi connectivity index (χ0) is 19.4. The average molecular weight is 388 g/mol. The number of anilines is 1. The standard InChI is InChI=1S/C19H25N5O2S/c1-4-23(5-2)15-8-6-14(7-9-15)18-20-21-19(22(18)3)27-13-12-24-16(25)10-11-17(24)26/h6-9H,4-5,10-13H2,1-3H3. The predicted molar refractivity (Wildman–Crippen MR) is 107 cm³/mol. The molecule has 0 unspecified atom stereocenters. The summed E-state index contributed by atoms with van der Waals surface area (Å²) in [5, 5.41) is 9.35. The lowest BCUT2D eigenvalue weighted by molar-refractivity contribution is -0.137. The molecule has 0 aliphatic carbocycles. The van der Waals surface area contributed by atoms with Gasteiger partial charge < -0.3 is 9.47 Å². The summed E-state index contributed by atoms with van der Waals surface area (Å²) in [4.78, 5) is 27.0. The number of imide groups is 1. The van der Waals surface area contributed by atoms with E-state index in [9.17, 15) is 9.59 Å². The molecule has 2 amide bonds. The van der Waals surface area contributed by atoms with Crippen LogP contribution in [0.2, 0.25) is 0 Å². The topological polar surface area (TPSA) is 71.3 Å². The largest absolute Gasteiger partial charge is 0.372 e. The minimum atomic E-state index is -0.0763. The maximum atomic E-state index is 11.7. The number of nitrogens with zero attached hydrogens (tertiary/aromatic N) is 5. The zero-order valence-corrected chi connectivity index (χ0v) is 16.8. The number of carbonyl (C=O) groups is 2. The maximum Gasteiger partial charge on any atom is 0.229 e. The van der Waals surface area contributed by atoms with Crippen LogP contribution in [0.4, 0.5) is 5.69 Å². The first-order valence-electron chi connectivity index (χ1n) is 9.25. The van der Waals surface area contributed by atoms with Gasteiger partial charge in [0.05, 0.1) is 0 Å². The van der Waals surface area contributed by atoms with Crippen LogP contribution in [0, 0.1) is 0 Å². The van der Waals surface area contributed by atoms with Gasteiger partial charge in [-0.3, -0.25) is 14.5 Å². The number of aromatic nitrogens is 3. The Morgan fingerprint density at radius 2 is 1.67 bits per heavy atom. The van der Waals surface area contributed by atoms with Crippen LogP contribution in [0.15, 0.2) is 29.4 Å². The van der Waals surface area contributed by atoms with E-state index in [4.69, 9.17) is 0 Å². The highest BCUT2D eigenvalue weighted by Crippen LogP contribution is 2.25. The quantitative estimate of drug-likeness (QED) is 0.512. The molecular formula is C19H25N5O2S. The first kappa shape index (κ1) is 19.4. The summed E-state index contributed by atoms with van der Waals surface area (Å²) >= 11 is 1.50. The lowest BCUT2D eigenvalue weighted by Gasteiger charge is -2.21. The molecule has 144 valence electrons. The first-order valence-corrected chi connectivity index (χ1v) is 10.2.